The summed E-state index contributed by atoms with van der Waals surface area (Å²) in [4.78, 5) is 55.1. The molecule has 2 rings (SSSR count). The maximum atomic E-state index is 13.2. The SMILES string of the molecule is CC/C=C(NCc1cccc2c1C(=O)N(C(CCC=O)C(C)=O)C2=O)\C(C)=N\OCC. The predicted molar refractivity (Wildman–Crippen MR) is 117 cm³/mol. The molecule has 0 radical (unpaired) electrons. The van der Waals surface area contributed by atoms with Gasteiger partial charge in [0.05, 0.1) is 28.6 Å². The van der Waals surface area contributed by atoms with Gasteiger partial charge in [-0.15, -0.1) is 0 Å². The fourth-order valence-electron chi connectivity index (χ4n) is 3.50. The first-order valence-electron chi connectivity index (χ1n) is 10.4. The molecule has 166 valence electrons. The number of aldehydes is 1. The van der Waals surface area contributed by atoms with Crippen molar-refractivity contribution in [3.8, 4) is 0 Å². The highest BCUT2D eigenvalue weighted by Gasteiger charge is 2.42. The number of fused-ring (bicyclic) bond motifs is 1. The van der Waals surface area contributed by atoms with Crippen LogP contribution in [-0.2, 0) is 21.0 Å². The standard InChI is InChI=1S/C23H29N3O5/c1-5-9-19(15(3)25-31-6-2)24-14-17-10-7-11-18-21(17)23(30)26(22(18)29)20(16(4)28)12-8-13-27/h7,9-11,13,20,24H,5-6,8,12,14H2,1-4H3/b19-9+,25-15+. The minimum absolute atomic E-state index is 0.0929. The number of nitrogens with one attached hydrogen (secondary N) is 1. The lowest BCUT2D eigenvalue weighted by Crippen LogP contribution is -2.44. The Morgan fingerprint density at radius 2 is 1.97 bits per heavy atom. The van der Waals surface area contributed by atoms with Crippen LogP contribution in [0.1, 0.15) is 73.2 Å². The zero-order chi connectivity index (χ0) is 23.0. The molecular weight excluding hydrogens is 398 g/mol. The van der Waals surface area contributed by atoms with Gasteiger partial charge >= 0.3 is 0 Å². The number of carbonyl (C=O) groups excluding carboxylic acids is 4. The van der Waals surface area contributed by atoms with Crippen LogP contribution in [0.4, 0.5) is 0 Å². The second-order valence-electron chi connectivity index (χ2n) is 7.16. The molecule has 0 aromatic heterocycles. The van der Waals surface area contributed by atoms with Gasteiger partial charge in [-0.3, -0.25) is 19.3 Å². The van der Waals surface area contributed by atoms with Gasteiger partial charge in [-0.2, -0.15) is 0 Å². The number of ketones is 1. The molecule has 2 amide bonds. The van der Waals surface area contributed by atoms with Gasteiger partial charge in [0.2, 0.25) is 0 Å². The summed E-state index contributed by atoms with van der Waals surface area (Å²) in [6.45, 7) is 7.73. The smallest absolute Gasteiger partial charge is 0.262 e. The minimum atomic E-state index is -0.950. The number of Topliss-reactive ketones (excluding diaryl/α,β-unsaturated/α-hetero) is 1. The number of nitrogens with zero attached hydrogens (tertiary/aromatic N) is 2. The van der Waals surface area contributed by atoms with E-state index in [4.69, 9.17) is 4.84 Å². The van der Waals surface area contributed by atoms with Crippen LogP contribution in [0.3, 0.4) is 0 Å². The molecule has 0 saturated heterocycles. The van der Waals surface area contributed by atoms with E-state index in [1.54, 1.807) is 18.2 Å². The van der Waals surface area contributed by atoms with E-state index < -0.39 is 17.9 Å². The summed E-state index contributed by atoms with van der Waals surface area (Å²) in [7, 11) is 0. The van der Waals surface area contributed by atoms with Crippen LogP contribution in [0, 0.1) is 0 Å². The molecule has 8 nitrogen and oxygen atoms in total. The Labute approximate surface area is 182 Å². The molecule has 1 unspecified atom stereocenters. The first-order valence-corrected chi connectivity index (χ1v) is 10.4. The zero-order valence-electron chi connectivity index (χ0n) is 18.4. The molecule has 0 spiro atoms. The van der Waals surface area contributed by atoms with Gasteiger partial charge in [0.15, 0.2) is 5.78 Å². The van der Waals surface area contributed by atoms with Gasteiger partial charge < -0.3 is 14.9 Å². The van der Waals surface area contributed by atoms with Crippen LogP contribution in [-0.4, -0.2) is 47.1 Å². The van der Waals surface area contributed by atoms with Crippen LogP contribution >= 0.6 is 0 Å². The number of hydrogen-bond acceptors (Lipinski definition) is 7. The highest BCUT2D eigenvalue weighted by Crippen LogP contribution is 2.29. The van der Waals surface area contributed by atoms with Crippen molar-refractivity contribution in [2.45, 2.75) is 59.5 Å². The molecule has 1 heterocycles. The lowest BCUT2D eigenvalue weighted by Gasteiger charge is -2.23. The topological polar surface area (TPSA) is 105 Å². The second-order valence-corrected chi connectivity index (χ2v) is 7.16. The maximum Gasteiger partial charge on any atom is 0.262 e. The highest BCUT2D eigenvalue weighted by molar-refractivity contribution is 6.23. The van der Waals surface area contributed by atoms with Crippen LogP contribution in [0.15, 0.2) is 35.1 Å². The van der Waals surface area contributed by atoms with Crippen LogP contribution in [0.5, 0.6) is 0 Å². The molecule has 0 fully saturated rings. The van der Waals surface area contributed by atoms with Crippen LogP contribution in [0.2, 0.25) is 0 Å². The van der Waals surface area contributed by atoms with Crippen molar-refractivity contribution in [3.63, 3.8) is 0 Å². The Morgan fingerprint density at radius 3 is 2.58 bits per heavy atom. The fraction of sp³-hybridized carbons (Fsp3) is 0.435. The average Bonchev–Trinajstić information content (AvgIpc) is 3.00. The molecule has 8 heteroatoms. The number of oxime groups is 1. The average molecular weight is 428 g/mol. The summed E-state index contributed by atoms with van der Waals surface area (Å²) in [6, 6.07) is 4.12. The third-order valence-electron chi connectivity index (χ3n) is 4.97. The third-order valence-corrected chi connectivity index (χ3v) is 4.97. The largest absolute Gasteiger partial charge is 0.396 e. The lowest BCUT2D eigenvalue weighted by atomic mass is 10.0. The van der Waals surface area contributed by atoms with Crippen molar-refractivity contribution in [1.29, 1.82) is 0 Å². The summed E-state index contributed by atoms with van der Waals surface area (Å²) in [6.07, 6.45) is 3.63. The quantitative estimate of drug-likeness (QED) is 0.238. The van der Waals surface area contributed by atoms with Gasteiger partial charge in [0, 0.05) is 13.0 Å². The Balaban J connectivity index is 2.32. The van der Waals surface area contributed by atoms with Gasteiger partial charge in [-0.25, -0.2) is 0 Å². The van der Waals surface area contributed by atoms with Gasteiger partial charge in [0.25, 0.3) is 11.8 Å². The summed E-state index contributed by atoms with van der Waals surface area (Å²) < 4.78 is 0. The Kier molecular flexibility index (Phi) is 8.66. The first kappa shape index (κ1) is 24.0. The second kappa shape index (κ2) is 11.2. The van der Waals surface area contributed by atoms with Crippen molar-refractivity contribution >= 4 is 29.6 Å². The number of benzene rings is 1. The Morgan fingerprint density at radius 1 is 1.23 bits per heavy atom. The van der Waals surface area contributed by atoms with E-state index in [-0.39, 0.29) is 29.8 Å². The molecule has 1 aromatic rings. The van der Waals surface area contributed by atoms with Crippen molar-refractivity contribution < 1.29 is 24.0 Å². The number of rotatable bonds is 12. The Hall–Kier alpha value is -3.29. The van der Waals surface area contributed by atoms with E-state index in [9.17, 15) is 19.2 Å². The molecule has 0 bridgehead atoms. The van der Waals surface area contributed by atoms with E-state index in [2.05, 4.69) is 10.5 Å². The molecule has 31 heavy (non-hydrogen) atoms. The van der Waals surface area contributed by atoms with Crippen molar-refractivity contribution in [2.75, 3.05) is 6.61 Å². The number of imide groups is 1. The number of amides is 2. The van der Waals surface area contributed by atoms with E-state index in [0.29, 0.717) is 30.7 Å². The predicted octanol–water partition coefficient (Wildman–Crippen LogP) is 3.02. The summed E-state index contributed by atoms with van der Waals surface area (Å²) in [5.74, 6) is -1.34. The first-order chi connectivity index (χ1) is 14.9. The molecule has 1 N–H and O–H groups in total. The highest BCUT2D eigenvalue weighted by atomic mass is 16.6. The van der Waals surface area contributed by atoms with Crippen LogP contribution < -0.4 is 5.32 Å². The Bertz CT molecular complexity index is 920. The van der Waals surface area contributed by atoms with Gasteiger partial charge in [0.1, 0.15) is 12.9 Å². The molecular formula is C23H29N3O5. The molecule has 1 aliphatic heterocycles. The van der Waals surface area contributed by atoms with E-state index in [1.165, 1.54) is 6.92 Å². The fourth-order valence-corrected chi connectivity index (χ4v) is 3.50. The molecule has 1 aromatic carbocycles. The molecule has 0 aliphatic carbocycles. The minimum Gasteiger partial charge on any atom is -0.396 e. The molecule has 1 aliphatic rings. The number of hydrogen-bond donors (Lipinski definition) is 1. The summed E-state index contributed by atoms with van der Waals surface area (Å²) in [5, 5.41) is 7.31. The van der Waals surface area contributed by atoms with Crippen LogP contribution in [0.25, 0.3) is 0 Å². The summed E-state index contributed by atoms with van der Waals surface area (Å²) >= 11 is 0. The maximum absolute atomic E-state index is 13.2. The zero-order valence-corrected chi connectivity index (χ0v) is 18.4. The monoisotopic (exact) mass is 427 g/mol. The van der Waals surface area contributed by atoms with Gasteiger partial charge in [-0.1, -0.05) is 30.3 Å². The number of carbonyl (C=O) groups is 4. The third kappa shape index (κ3) is 5.45. The number of allylic oxidation sites excluding steroid dienone is 2. The van der Waals surface area contributed by atoms with Gasteiger partial charge in [-0.05, 0) is 45.2 Å². The van der Waals surface area contributed by atoms with E-state index in [1.807, 2.05) is 26.8 Å². The van der Waals surface area contributed by atoms with Crippen molar-refractivity contribution in [2.24, 2.45) is 5.16 Å². The van der Waals surface area contributed by atoms with E-state index >= 15 is 0 Å². The normalized spacial score (nSPS) is 15.0. The summed E-state index contributed by atoms with van der Waals surface area (Å²) in [5.41, 5.74) is 2.64. The van der Waals surface area contributed by atoms with Crippen molar-refractivity contribution in [3.05, 3.63) is 46.7 Å². The lowest BCUT2D eigenvalue weighted by molar-refractivity contribution is -0.121. The van der Waals surface area contributed by atoms with E-state index in [0.717, 1.165) is 17.0 Å². The molecule has 0 saturated carbocycles. The molecule has 1 atom stereocenters. The van der Waals surface area contributed by atoms with Crippen molar-refractivity contribution in [1.82, 2.24) is 10.2 Å².